The topological polar surface area (TPSA) is 88.2 Å². The number of nitrogens with zero attached hydrogens (tertiary/aromatic N) is 3. The number of aliphatic carboxylic acids is 1. The van der Waals surface area contributed by atoms with Crippen molar-refractivity contribution in [3.8, 4) is 0 Å². The third-order valence-corrected chi connectivity index (χ3v) is 3.73. The van der Waals surface area contributed by atoms with Crippen LogP contribution in [0.15, 0.2) is 24.3 Å². The number of carboxylic acid groups (broad SMARTS) is 1. The van der Waals surface area contributed by atoms with Gasteiger partial charge in [-0.3, -0.25) is 4.79 Å². The molecule has 1 aliphatic rings. The molecule has 2 N–H and O–H groups in total. The van der Waals surface area contributed by atoms with Gasteiger partial charge in [0.15, 0.2) is 0 Å². The normalized spacial score (nSPS) is 27.5. The number of hydrogen-bond acceptors (Lipinski definition) is 4. The van der Waals surface area contributed by atoms with E-state index >= 15 is 0 Å². The van der Waals surface area contributed by atoms with E-state index in [0.29, 0.717) is 12.8 Å². The number of carbonyl (C=O) groups is 1. The molecule has 0 aliphatic heterocycles. The highest BCUT2D eigenvalue weighted by molar-refractivity contribution is 5.73. The quantitative estimate of drug-likeness (QED) is 0.848. The Hall–Kier alpha value is -1.95. The molecule has 3 rings (SSSR count). The monoisotopic (exact) mass is 261 g/mol. The van der Waals surface area contributed by atoms with Crippen LogP contribution in [0.3, 0.4) is 0 Å². The van der Waals surface area contributed by atoms with Crippen LogP contribution in [0.4, 0.5) is 0 Å². The van der Waals surface area contributed by atoms with E-state index in [1.165, 1.54) is 4.80 Å². The Bertz CT molecular complexity index is 577. The van der Waals surface area contributed by atoms with Crippen LogP contribution < -0.4 is 0 Å². The van der Waals surface area contributed by atoms with E-state index in [-0.39, 0.29) is 12.5 Å². The lowest BCUT2D eigenvalue weighted by atomic mass is 9.84. The van der Waals surface area contributed by atoms with Gasteiger partial charge in [0, 0.05) is 0 Å². The molecule has 0 saturated heterocycles. The molecule has 6 heteroatoms. The van der Waals surface area contributed by atoms with Crippen LogP contribution in [0.5, 0.6) is 0 Å². The summed E-state index contributed by atoms with van der Waals surface area (Å²) in [5, 5.41) is 27.8. The van der Waals surface area contributed by atoms with Crippen LogP contribution in [-0.2, 0) is 4.79 Å². The lowest BCUT2D eigenvalue weighted by Crippen LogP contribution is -2.35. The number of aromatic nitrogens is 3. The van der Waals surface area contributed by atoms with Gasteiger partial charge in [0.25, 0.3) is 0 Å². The van der Waals surface area contributed by atoms with E-state index in [1.807, 2.05) is 24.3 Å². The van der Waals surface area contributed by atoms with Gasteiger partial charge < -0.3 is 10.2 Å². The molecule has 1 aromatic heterocycles. The molecule has 1 saturated carbocycles. The van der Waals surface area contributed by atoms with Crippen LogP contribution in [0.25, 0.3) is 11.0 Å². The minimum Gasteiger partial charge on any atom is -0.481 e. The summed E-state index contributed by atoms with van der Waals surface area (Å²) < 4.78 is 0. The Morgan fingerprint density at radius 3 is 2.37 bits per heavy atom. The summed E-state index contributed by atoms with van der Waals surface area (Å²) in [6, 6.07) is 7.28. The van der Waals surface area contributed by atoms with Crippen molar-refractivity contribution in [1.29, 1.82) is 0 Å². The standard InChI is InChI=1S/C13H15N3O3/c17-12-7-8(13(18)19)5-6-11(12)16-14-9-3-1-2-4-10(9)15-16/h1-4,8,11-12,17H,5-7H2,(H,18,19). The molecule has 3 unspecified atom stereocenters. The van der Waals surface area contributed by atoms with Gasteiger partial charge in [0.05, 0.1) is 18.1 Å². The van der Waals surface area contributed by atoms with Crippen LogP contribution >= 0.6 is 0 Å². The SMILES string of the molecule is O=C(O)C1CCC(n2nc3ccccc3n2)C(O)C1. The first-order valence-electron chi connectivity index (χ1n) is 6.37. The highest BCUT2D eigenvalue weighted by atomic mass is 16.4. The third kappa shape index (κ3) is 2.19. The molecule has 0 bridgehead atoms. The van der Waals surface area contributed by atoms with Crippen molar-refractivity contribution in [1.82, 2.24) is 15.0 Å². The van der Waals surface area contributed by atoms with E-state index < -0.39 is 18.0 Å². The van der Waals surface area contributed by atoms with E-state index in [9.17, 15) is 9.90 Å². The Balaban J connectivity index is 1.84. The number of carboxylic acids is 1. The summed E-state index contributed by atoms with van der Waals surface area (Å²) in [5.41, 5.74) is 1.57. The number of aliphatic hydroxyl groups excluding tert-OH is 1. The van der Waals surface area contributed by atoms with Crippen LogP contribution in [-0.4, -0.2) is 37.3 Å². The maximum Gasteiger partial charge on any atom is 0.306 e. The molecule has 6 nitrogen and oxygen atoms in total. The van der Waals surface area contributed by atoms with E-state index in [0.717, 1.165) is 11.0 Å². The fourth-order valence-electron chi connectivity index (χ4n) is 2.65. The summed E-state index contributed by atoms with van der Waals surface area (Å²) in [6.45, 7) is 0. The first kappa shape index (κ1) is 12.1. The highest BCUT2D eigenvalue weighted by Gasteiger charge is 2.34. The molecule has 0 spiro atoms. The smallest absolute Gasteiger partial charge is 0.306 e. The zero-order chi connectivity index (χ0) is 13.4. The largest absolute Gasteiger partial charge is 0.481 e. The van der Waals surface area contributed by atoms with Crippen LogP contribution in [0.2, 0.25) is 0 Å². The second-order valence-electron chi connectivity index (χ2n) is 4.99. The molecule has 0 amide bonds. The lowest BCUT2D eigenvalue weighted by Gasteiger charge is -2.30. The maximum absolute atomic E-state index is 10.9. The number of aliphatic hydroxyl groups is 1. The molecule has 1 fully saturated rings. The van der Waals surface area contributed by atoms with Crippen molar-refractivity contribution in [2.75, 3.05) is 0 Å². The molecule has 1 aliphatic carbocycles. The summed E-state index contributed by atoms with van der Waals surface area (Å²) >= 11 is 0. The van der Waals surface area contributed by atoms with E-state index in [1.54, 1.807) is 0 Å². The summed E-state index contributed by atoms with van der Waals surface area (Å²) in [5.74, 6) is -1.30. The highest BCUT2D eigenvalue weighted by Crippen LogP contribution is 2.32. The number of hydrogen-bond donors (Lipinski definition) is 2. The predicted octanol–water partition coefficient (Wildman–Crippen LogP) is 1.22. The van der Waals surface area contributed by atoms with Crippen molar-refractivity contribution >= 4 is 17.0 Å². The van der Waals surface area contributed by atoms with Gasteiger partial charge >= 0.3 is 5.97 Å². The molecule has 19 heavy (non-hydrogen) atoms. The minimum atomic E-state index is -0.837. The number of rotatable bonds is 2. The van der Waals surface area contributed by atoms with Crippen molar-refractivity contribution in [3.63, 3.8) is 0 Å². The van der Waals surface area contributed by atoms with Gasteiger partial charge in [-0.25, -0.2) is 0 Å². The van der Waals surface area contributed by atoms with Gasteiger partial charge in [0.1, 0.15) is 11.0 Å². The molecule has 1 heterocycles. The molecular weight excluding hydrogens is 246 g/mol. The Kier molecular flexibility index (Phi) is 2.94. The third-order valence-electron chi connectivity index (χ3n) is 3.73. The molecule has 0 radical (unpaired) electrons. The van der Waals surface area contributed by atoms with Crippen molar-refractivity contribution in [2.45, 2.75) is 31.4 Å². The van der Waals surface area contributed by atoms with E-state index in [4.69, 9.17) is 5.11 Å². The van der Waals surface area contributed by atoms with Crippen molar-refractivity contribution in [2.24, 2.45) is 5.92 Å². The van der Waals surface area contributed by atoms with Gasteiger partial charge in [-0.2, -0.15) is 15.0 Å². The van der Waals surface area contributed by atoms with Crippen LogP contribution in [0, 0.1) is 5.92 Å². The summed E-state index contributed by atoms with van der Waals surface area (Å²) in [4.78, 5) is 12.5. The fourth-order valence-corrected chi connectivity index (χ4v) is 2.65. The lowest BCUT2D eigenvalue weighted by molar-refractivity contribution is -0.145. The van der Waals surface area contributed by atoms with Crippen molar-refractivity contribution in [3.05, 3.63) is 24.3 Å². The number of fused-ring (bicyclic) bond motifs is 1. The second kappa shape index (κ2) is 4.62. The van der Waals surface area contributed by atoms with Gasteiger partial charge in [-0.1, -0.05) is 12.1 Å². The fraction of sp³-hybridized carbons (Fsp3) is 0.462. The molecular formula is C13H15N3O3. The van der Waals surface area contributed by atoms with Gasteiger partial charge in [0.2, 0.25) is 0 Å². The Labute approximate surface area is 109 Å². The maximum atomic E-state index is 10.9. The zero-order valence-electron chi connectivity index (χ0n) is 10.3. The van der Waals surface area contributed by atoms with Crippen molar-refractivity contribution < 1.29 is 15.0 Å². The second-order valence-corrected chi connectivity index (χ2v) is 4.99. The summed E-state index contributed by atoms with van der Waals surface area (Å²) in [6.07, 6.45) is 0.683. The molecule has 3 atom stereocenters. The average molecular weight is 261 g/mol. The Morgan fingerprint density at radius 2 is 1.84 bits per heavy atom. The molecule has 1 aromatic carbocycles. The predicted molar refractivity (Wildman–Crippen MR) is 67.5 cm³/mol. The molecule has 100 valence electrons. The zero-order valence-corrected chi connectivity index (χ0v) is 10.3. The van der Waals surface area contributed by atoms with Gasteiger partial charge in [-0.15, -0.1) is 0 Å². The number of benzene rings is 1. The first-order chi connectivity index (χ1) is 9.15. The first-order valence-corrected chi connectivity index (χ1v) is 6.37. The Morgan fingerprint density at radius 1 is 1.21 bits per heavy atom. The summed E-state index contributed by atoms with van der Waals surface area (Å²) in [7, 11) is 0. The van der Waals surface area contributed by atoms with E-state index in [2.05, 4.69) is 10.2 Å². The minimum absolute atomic E-state index is 0.233. The van der Waals surface area contributed by atoms with Crippen LogP contribution in [0.1, 0.15) is 25.3 Å². The molecule has 2 aromatic rings. The average Bonchev–Trinajstić information content (AvgIpc) is 2.81. The van der Waals surface area contributed by atoms with Gasteiger partial charge in [-0.05, 0) is 31.4 Å².